The number of fused-ring (bicyclic) bond motifs is 1. The summed E-state index contributed by atoms with van der Waals surface area (Å²) in [4.78, 5) is 12.7. The first-order valence-corrected chi connectivity index (χ1v) is 7.67. The van der Waals surface area contributed by atoms with Gasteiger partial charge in [-0.15, -0.1) is 0 Å². The van der Waals surface area contributed by atoms with Gasteiger partial charge in [0, 0.05) is 11.8 Å². The van der Waals surface area contributed by atoms with E-state index in [-0.39, 0.29) is 24.4 Å². The molecule has 5 heteroatoms. The average molecular weight is 313 g/mol. The van der Waals surface area contributed by atoms with Gasteiger partial charge in [-0.25, -0.2) is 4.39 Å². The van der Waals surface area contributed by atoms with E-state index < -0.39 is 0 Å². The number of nitrogens with one attached hydrogen (secondary N) is 1. The molecule has 0 saturated heterocycles. The Morgan fingerprint density at radius 1 is 1.09 bits per heavy atom. The molecule has 23 heavy (non-hydrogen) atoms. The Kier molecular flexibility index (Phi) is 3.41. The Morgan fingerprint density at radius 2 is 1.83 bits per heavy atom. The van der Waals surface area contributed by atoms with Gasteiger partial charge < -0.3 is 14.8 Å². The summed E-state index contributed by atoms with van der Waals surface area (Å²) in [6, 6.07) is 11.5. The van der Waals surface area contributed by atoms with E-state index in [0.29, 0.717) is 23.1 Å². The summed E-state index contributed by atoms with van der Waals surface area (Å²) < 4.78 is 23.7. The third-order valence-corrected chi connectivity index (χ3v) is 4.25. The molecule has 1 aliphatic carbocycles. The van der Waals surface area contributed by atoms with Gasteiger partial charge in [0.15, 0.2) is 11.5 Å². The molecule has 2 aliphatic rings. The van der Waals surface area contributed by atoms with Crippen molar-refractivity contribution in [2.75, 3.05) is 12.1 Å². The van der Waals surface area contributed by atoms with Crippen LogP contribution in [-0.2, 0) is 4.79 Å². The van der Waals surface area contributed by atoms with Gasteiger partial charge in [-0.05, 0) is 48.6 Å². The number of amides is 1. The van der Waals surface area contributed by atoms with Gasteiger partial charge >= 0.3 is 0 Å². The third-order valence-electron chi connectivity index (χ3n) is 4.25. The lowest BCUT2D eigenvalue weighted by atomic mass is 9.93. The van der Waals surface area contributed by atoms with Crippen LogP contribution in [0.1, 0.15) is 24.3 Å². The Balaban J connectivity index is 1.55. The summed E-state index contributed by atoms with van der Waals surface area (Å²) in [5.74, 6) is 1.03. The van der Waals surface area contributed by atoms with E-state index in [4.69, 9.17) is 9.47 Å². The highest BCUT2D eigenvalue weighted by atomic mass is 19.1. The third kappa shape index (κ3) is 2.86. The predicted octanol–water partition coefficient (Wildman–Crippen LogP) is 3.69. The molecule has 1 unspecified atom stereocenters. The first-order chi connectivity index (χ1) is 11.2. The molecule has 1 N–H and O–H groups in total. The van der Waals surface area contributed by atoms with Crippen molar-refractivity contribution < 1.29 is 18.7 Å². The van der Waals surface area contributed by atoms with E-state index in [1.165, 1.54) is 12.1 Å². The summed E-state index contributed by atoms with van der Waals surface area (Å²) in [6.45, 7) is 0.201. The van der Waals surface area contributed by atoms with Crippen LogP contribution < -0.4 is 14.8 Å². The standard InChI is InChI=1S/C18H16FNO3/c19-13-5-3-12(4-6-13)17(11-1-2-11)18(21)20-14-7-8-15-16(9-14)23-10-22-15/h3-9,11,17H,1-2,10H2,(H,20,21). The molecule has 1 amide bonds. The van der Waals surface area contributed by atoms with Crippen LogP contribution in [0.5, 0.6) is 11.5 Å². The second kappa shape index (κ2) is 5.57. The van der Waals surface area contributed by atoms with Crippen molar-refractivity contribution >= 4 is 11.6 Å². The summed E-state index contributed by atoms with van der Waals surface area (Å²) in [5, 5.41) is 2.94. The van der Waals surface area contributed by atoms with Gasteiger partial charge in [-0.2, -0.15) is 0 Å². The maximum absolute atomic E-state index is 13.1. The fourth-order valence-electron chi connectivity index (χ4n) is 2.93. The quantitative estimate of drug-likeness (QED) is 0.936. The molecule has 118 valence electrons. The van der Waals surface area contributed by atoms with Crippen molar-refractivity contribution in [2.45, 2.75) is 18.8 Å². The Labute approximate surface area is 133 Å². The van der Waals surface area contributed by atoms with Crippen LogP contribution in [0, 0.1) is 11.7 Å². The zero-order valence-electron chi connectivity index (χ0n) is 12.4. The van der Waals surface area contributed by atoms with Crippen molar-refractivity contribution in [3.05, 3.63) is 53.8 Å². The topological polar surface area (TPSA) is 47.6 Å². The van der Waals surface area contributed by atoms with Gasteiger partial charge in [0.2, 0.25) is 12.7 Å². The number of carbonyl (C=O) groups is 1. The fraction of sp³-hybridized carbons (Fsp3) is 0.278. The van der Waals surface area contributed by atoms with Crippen LogP contribution in [-0.4, -0.2) is 12.7 Å². The van der Waals surface area contributed by atoms with Crippen LogP contribution >= 0.6 is 0 Å². The predicted molar refractivity (Wildman–Crippen MR) is 83.1 cm³/mol. The molecule has 1 heterocycles. The van der Waals surface area contributed by atoms with Crippen molar-refractivity contribution in [3.8, 4) is 11.5 Å². The molecule has 0 aromatic heterocycles. The number of hydrogen-bond donors (Lipinski definition) is 1. The van der Waals surface area contributed by atoms with Gasteiger partial charge in [-0.3, -0.25) is 4.79 Å². The lowest BCUT2D eigenvalue weighted by Gasteiger charge is -2.17. The molecule has 4 nitrogen and oxygen atoms in total. The van der Waals surface area contributed by atoms with Gasteiger partial charge in [0.1, 0.15) is 5.82 Å². The largest absolute Gasteiger partial charge is 0.454 e. The molecular weight excluding hydrogens is 297 g/mol. The summed E-state index contributed by atoms with van der Waals surface area (Å²) in [7, 11) is 0. The first kappa shape index (κ1) is 14.1. The van der Waals surface area contributed by atoms with Crippen LogP contribution in [0.4, 0.5) is 10.1 Å². The van der Waals surface area contributed by atoms with Crippen molar-refractivity contribution in [1.82, 2.24) is 0 Å². The second-order valence-corrected chi connectivity index (χ2v) is 5.92. The van der Waals surface area contributed by atoms with Crippen molar-refractivity contribution in [2.24, 2.45) is 5.92 Å². The minimum atomic E-state index is -0.292. The van der Waals surface area contributed by atoms with Crippen LogP contribution in [0.3, 0.4) is 0 Å². The van der Waals surface area contributed by atoms with E-state index in [9.17, 15) is 9.18 Å². The lowest BCUT2D eigenvalue weighted by Crippen LogP contribution is -2.22. The van der Waals surface area contributed by atoms with Crippen LogP contribution in [0.25, 0.3) is 0 Å². The van der Waals surface area contributed by atoms with Gasteiger partial charge in [0.05, 0.1) is 5.92 Å². The molecule has 1 atom stereocenters. The fourth-order valence-corrected chi connectivity index (χ4v) is 2.93. The van der Waals surface area contributed by atoms with E-state index in [2.05, 4.69) is 5.32 Å². The Bertz CT molecular complexity index is 740. The van der Waals surface area contributed by atoms with Gasteiger partial charge in [-0.1, -0.05) is 12.1 Å². The molecule has 1 aliphatic heterocycles. The lowest BCUT2D eigenvalue weighted by molar-refractivity contribution is -0.118. The Hall–Kier alpha value is -2.56. The van der Waals surface area contributed by atoms with Crippen LogP contribution in [0.2, 0.25) is 0 Å². The molecule has 2 aromatic rings. The average Bonchev–Trinajstić information content (AvgIpc) is 3.26. The van der Waals surface area contributed by atoms with Crippen molar-refractivity contribution in [1.29, 1.82) is 0 Å². The molecule has 0 spiro atoms. The molecule has 4 rings (SSSR count). The number of carbonyl (C=O) groups excluding carboxylic acids is 1. The maximum atomic E-state index is 13.1. The number of hydrogen-bond acceptors (Lipinski definition) is 3. The SMILES string of the molecule is O=C(Nc1ccc2c(c1)OCO2)C(c1ccc(F)cc1)C1CC1. The molecule has 0 bridgehead atoms. The normalized spacial score (nSPS) is 16.9. The van der Waals surface area contributed by atoms with Crippen LogP contribution in [0.15, 0.2) is 42.5 Å². The number of halogens is 1. The van der Waals surface area contributed by atoms with E-state index in [1.54, 1.807) is 30.3 Å². The number of ether oxygens (including phenoxy) is 2. The summed E-state index contributed by atoms with van der Waals surface area (Å²) in [5.41, 5.74) is 1.53. The molecule has 2 aromatic carbocycles. The highest BCUT2D eigenvalue weighted by Crippen LogP contribution is 2.43. The van der Waals surface area contributed by atoms with E-state index in [0.717, 1.165) is 18.4 Å². The minimum Gasteiger partial charge on any atom is -0.454 e. The van der Waals surface area contributed by atoms with E-state index >= 15 is 0 Å². The van der Waals surface area contributed by atoms with E-state index in [1.807, 2.05) is 0 Å². The monoisotopic (exact) mass is 313 g/mol. The highest BCUT2D eigenvalue weighted by molar-refractivity contribution is 5.96. The molecule has 0 radical (unpaired) electrons. The zero-order valence-corrected chi connectivity index (χ0v) is 12.4. The second-order valence-electron chi connectivity index (χ2n) is 5.92. The highest BCUT2D eigenvalue weighted by Gasteiger charge is 2.37. The number of benzene rings is 2. The Morgan fingerprint density at radius 3 is 2.57 bits per heavy atom. The summed E-state index contributed by atoms with van der Waals surface area (Å²) in [6.07, 6.45) is 2.05. The first-order valence-electron chi connectivity index (χ1n) is 7.67. The maximum Gasteiger partial charge on any atom is 0.232 e. The number of anilines is 1. The molecule has 1 saturated carbocycles. The zero-order chi connectivity index (χ0) is 15.8. The van der Waals surface area contributed by atoms with Gasteiger partial charge in [0.25, 0.3) is 0 Å². The molecular formula is C18H16FNO3. The minimum absolute atomic E-state index is 0.0713. The smallest absolute Gasteiger partial charge is 0.232 e. The summed E-state index contributed by atoms with van der Waals surface area (Å²) >= 11 is 0. The van der Waals surface area contributed by atoms with Crippen molar-refractivity contribution in [3.63, 3.8) is 0 Å². The molecule has 1 fully saturated rings. The number of rotatable bonds is 4.